The molecule has 1 amide bonds. The van der Waals surface area contributed by atoms with Gasteiger partial charge in [0.2, 0.25) is 0 Å². The van der Waals surface area contributed by atoms with E-state index in [0.717, 1.165) is 18.8 Å². The Hall–Kier alpha value is -1.96. The van der Waals surface area contributed by atoms with Gasteiger partial charge in [0.05, 0.1) is 11.6 Å². The number of nitrogens with one attached hydrogen (secondary N) is 1. The smallest absolute Gasteiger partial charge is 0.254 e. The molecule has 8 heteroatoms. The normalized spacial score (nSPS) is 12.1. The number of amides is 1. The van der Waals surface area contributed by atoms with E-state index in [0.29, 0.717) is 10.7 Å². The third-order valence-corrected chi connectivity index (χ3v) is 3.49. The summed E-state index contributed by atoms with van der Waals surface area (Å²) in [5, 5.41) is 11.5. The van der Waals surface area contributed by atoms with Gasteiger partial charge in [0.1, 0.15) is 6.33 Å². The molecular weight excluding hydrogens is 288 g/mol. The fourth-order valence-electron chi connectivity index (χ4n) is 1.90. The lowest BCUT2D eigenvalue weighted by atomic mass is 10.2. The number of rotatable bonds is 6. The number of carbonyl (C=O) groups excluding carboxylic acids is 1. The van der Waals surface area contributed by atoms with Gasteiger partial charge in [-0.25, -0.2) is 9.97 Å². The van der Waals surface area contributed by atoms with Crippen molar-refractivity contribution in [1.82, 2.24) is 30.0 Å². The number of thioether (sulfide) groups is 1. The summed E-state index contributed by atoms with van der Waals surface area (Å²) in [4.78, 5) is 20.3. The molecule has 0 saturated carbocycles. The van der Waals surface area contributed by atoms with E-state index in [1.54, 1.807) is 6.33 Å². The summed E-state index contributed by atoms with van der Waals surface area (Å²) < 4.78 is 1.94. The SMILES string of the molecule is CCCn1cnnc1[C@H](C)NC(=O)c1cnc(SC)nc1. The maximum absolute atomic E-state index is 12.2. The van der Waals surface area contributed by atoms with Gasteiger partial charge in [-0.2, -0.15) is 0 Å². The van der Waals surface area contributed by atoms with Crippen LogP contribution in [0.25, 0.3) is 0 Å². The van der Waals surface area contributed by atoms with E-state index in [1.807, 2.05) is 17.7 Å². The third kappa shape index (κ3) is 3.78. The molecular formula is C13H18N6OS. The first-order chi connectivity index (χ1) is 10.2. The van der Waals surface area contributed by atoms with E-state index in [4.69, 9.17) is 0 Å². The fourth-order valence-corrected chi connectivity index (χ4v) is 2.21. The molecule has 21 heavy (non-hydrogen) atoms. The van der Waals surface area contributed by atoms with E-state index in [1.165, 1.54) is 24.2 Å². The fraction of sp³-hybridized carbons (Fsp3) is 0.462. The molecule has 0 aromatic carbocycles. The number of carbonyl (C=O) groups is 1. The highest BCUT2D eigenvalue weighted by Crippen LogP contribution is 2.11. The second-order valence-electron chi connectivity index (χ2n) is 4.54. The van der Waals surface area contributed by atoms with Crippen molar-refractivity contribution < 1.29 is 4.79 Å². The van der Waals surface area contributed by atoms with Crippen molar-refractivity contribution in [2.24, 2.45) is 0 Å². The number of aryl methyl sites for hydroxylation is 1. The molecule has 2 rings (SSSR count). The quantitative estimate of drug-likeness (QED) is 0.645. The van der Waals surface area contributed by atoms with Crippen molar-refractivity contribution in [3.05, 3.63) is 30.1 Å². The zero-order valence-electron chi connectivity index (χ0n) is 12.3. The van der Waals surface area contributed by atoms with Crippen LogP contribution in [0, 0.1) is 0 Å². The van der Waals surface area contributed by atoms with Gasteiger partial charge in [0.15, 0.2) is 11.0 Å². The maximum Gasteiger partial charge on any atom is 0.254 e. The van der Waals surface area contributed by atoms with Gasteiger partial charge < -0.3 is 9.88 Å². The molecule has 1 N–H and O–H groups in total. The summed E-state index contributed by atoms with van der Waals surface area (Å²) in [7, 11) is 0. The average Bonchev–Trinajstić information content (AvgIpc) is 2.96. The molecule has 0 saturated heterocycles. The van der Waals surface area contributed by atoms with E-state index in [2.05, 4.69) is 32.4 Å². The van der Waals surface area contributed by atoms with Crippen molar-refractivity contribution in [2.45, 2.75) is 38.0 Å². The van der Waals surface area contributed by atoms with Crippen LogP contribution in [0.1, 0.15) is 42.5 Å². The Balaban J connectivity index is 2.05. The number of hydrogen-bond donors (Lipinski definition) is 1. The number of nitrogens with zero attached hydrogens (tertiary/aromatic N) is 5. The van der Waals surface area contributed by atoms with Gasteiger partial charge in [-0.05, 0) is 19.6 Å². The lowest BCUT2D eigenvalue weighted by molar-refractivity contribution is 0.0936. The summed E-state index contributed by atoms with van der Waals surface area (Å²) in [6.07, 6.45) is 7.60. The van der Waals surface area contributed by atoms with Gasteiger partial charge in [-0.3, -0.25) is 4.79 Å². The number of aromatic nitrogens is 5. The van der Waals surface area contributed by atoms with Crippen LogP contribution in [-0.4, -0.2) is 36.9 Å². The molecule has 0 bridgehead atoms. The largest absolute Gasteiger partial charge is 0.342 e. The summed E-state index contributed by atoms with van der Waals surface area (Å²) >= 11 is 1.43. The van der Waals surface area contributed by atoms with Gasteiger partial charge in [-0.1, -0.05) is 18.7 Å². The number of hydrogen-bond acceptors (Lipinski definition) is 6. The Morgan fingerprint density at radius 3 is 2.76 bits per heavy atom. The zero-order valence-corrected chi connectivity index (χ0v) is 13.1. The highest BCUT2D eigenvalue weighted by atomic mass is 32.2. The second kappa shape index (κ2) is 7.16. The van der Waals surface area contributed by atoms with Crippen molar-refractivity contribution in [3.63, 3.8) is 0 Å². The molecule has 0 aliphatic heterocycles. The second-order valence-corrected chi connectivity index (χ2v) is 5.31. The first-order valence-electron chi connectivity index (χ1n) is 6.70. The molecule has 2 heterocycles. The third-order valence-electron chi connectivity index (χ3n) is 2.92. The predicted molar refractivity (Wildman–Crippen MR) is 80.0 cm³/mol. The monoisotopic (exact) mass is 306 g/mol. The van der Waals surface area contributed by atoms with Crippen molar-refractivity contribution in [1.29, 1.82) is 0 Å². The van der Waals surface area contributed by atoms with E-state index in [-0.39, 0.29) is 11.9 Å². The van der Waals surface area contributed by atoms with Crippen molar-refractivity contribution in [3.8, 4) is 0 Å². The average molecular weight is 306 g/mol. The highest BCUT2D eigenvalue weighted by molar-refractivity contribution is 7.98. The van der Waals surface area contributed by atoms with Crippen molar-refractivity contribution >= 4 is 17.7 Å². The van der Waals surface area contributed by atoms with Gasteiger partial charge >= 0.3 is 0 Å². The predicted octanol–water partition coefficient (Wildman–Crippen LogP) is 1.69. The molecule has 112 valence electrons. The van der Waals surface area contributed by atoms with Crippen LogP contribution in [-0.2, 0) is 6.54 Å². The molecule has 0 aliphatic rings. The Morgan fingerprint density at radius 1 is 1.43 bits per heavy atom. The minimum atomic E-state index is -0.230. The van der Waals surface area contributed by atoms with E-state index < -0.39 is 0 Å². The first-order valence-corrected chi connectivity index (χ1v) is 7.92. The van der Waals surface area contributed by atoms with E-state index in [9.17, 15) is 4.79 Å². The van der Waals surface area contributed by atoms with Gasteiger partial charge in [-0.15, -0.1) is 10.2 Å². The van der Waals surface area contributed by atoms with Crippen LogP contribution in [0.2, 0.25) is 0 Å². The molecule has 1 atom stereocenters. The Kier molecular flexibility index (Phi) is 5.26. The molecule has 0 fully saturated rings. The summed E-state index contributed by atoms with van der Waals surface area (Å²) in [5.41, 5.74) is 0.432. The Bertz CT molecular complexity index is 597. The molecule has 0 radical (unpaired) electrons. The standard InChI is InChI=1S/C13H18N6OS/c1-4-5-19-8-16-18-11(19)9(2)17-12(20)10-6-14-13(21-3)15-7-10/h6-9H,4-5H2,1-3H3,(H,17,20)/t9-/m0/s1. The molecule has 7 nitrogen and oxygen atoms in total. The van der Waals surface area contributed by atoms with Gasteiger partial charge in [0.25, 0.3) is 5.91 Å². The lowest BCUT2D eigenvalue weighted by Crippen LogP contribution is -2.29. The molecule has 2 aromatic heterocycles. The zero-order chi connectivity index (χ0) is 15.2. The van der Waals surface area contributed by atoms with Crippen LogP contribution >= 0.6 is 11.8 Å². The highest BCUT2D eigenvalue weighted by Gasteiger charge is 2.16. The van der Waals surface area contributed by atoms with Crippen LogP contribution < -0.4 is 5.32 Å². The minimum absolute atomic E-state index is 0.221. The van der Waals surface area contributed by atoms with Gasteiger partial charge in [0, 0.05) is 18.9 Å². The summed E-state index contributed by atoms with van der Waals surface area (Å²) in [6, 6.07) is -0.230. The van der Waals surface area contributed by atoms with Crippen LogP contribution in [0.5, 0.6) is 0 Å². The minimum Gasteiger partial charge on any atom is -0.342 e. The first kappa shape index (κ1) is 15.4. The Labute approximate surface area is 127 Å². The van der Waals surface area contributed by atoms with Crippen LogP contribution in [0.15, 0.2) is 23.9 Å². The molecule has 2 aromatic rings. The lowest BCUT2D eigenvalue weighted by Gasteiger charge is -2.14. The maximum atomic E-state index is 12.2. The van der Waals surface area contributed by atoms with Crippen molar-refractivity contribution in [2.75, 3.05) is 6.26 Å². The van der Waals surface area contributed by atoms with Crippen LogP contribution in [0.4, 0.5) is 0 Å². The summed E-state index contributed by atoms with van der Waals surface area (Å²) in [6.45, 7) is 4.79. The molecule has 0 aliphatic carbocycles. The topological polar surface area (TPSA) is 85.6 Å². The van der Waals surface area contributed by atoms with Crippen LogP contribution in [0.3, 0.4) is 0 Å². The molecule has 0 spiro atoms. The van der Waals surface area contributed by atoms with E-state index >= 15 is 0 Å². The summed E-state index contributed by atoms with van der Waals surface area (Å²) in [5.74, 6) is 0.521. The Morgan fingerprint density at radius 2 is 2.14 bits per heavy atom. The molecule has 0 unspecified atom stereocenters.